The minimum Gasteiger partial charge on any atom is -0.489 e. The molecule has 1 aromatic carbocycles. The summed E-state index contributed by atoms with van der Waals surface area (Å²) < 4.78 is 7.41. The predicted octanol–water partition coefficient (Wildman–Crippen LogP) is 2.89. The number of aromatic nitrogens is 2. The van der Waals surface area contributed by atoms with Crippen molar-refractivity contribution in [3.63, 3.8) is 0 Å². The van der Waals surface area contributed by atoms with Crippen LogP contribution >= 0.6 is 15.9 Å². The molecule has 0 fully saturated rings. The summed E-state index contributed by atoms with van der Waals surface area (Å²) in [5, 5.41) is 4.96. The third-order valence-electron chi connectivity index (χ3n) is 2.24. The quantitative estimate of drug-likeness (QED) is 0.806. The number of hydrogen-bond acceptors (Lipinski definition) is 2. The monoisotopic (exact) mass is 280 g/mol. The fourth-order valence-electron chi connectivity index (χ4n) is 1.39. The molecule has 0 saturated carbocycles. The Morgan fingerprint density at radius 3 is 2.56 bits per heavy atom. The van der Waals surface area contributed by atoms with Crippen molar-refractivity contribution in [1.29, 1.82) is 0 Å². The largest absolute Gasteiger partial charge is 0.489 e. The molecule has 0 unspecified atom stereocenters. The van der Waals surface area contributed by atoms with Crippen LogP contribution in [0.4, 0.5) is 0 Å². The van der Waals surface area contributed by atoms with Crippen LogP contribution < -0.4 is 4.74 Å². The first-order valence-electron chi connectivity index (χ1n) is 5.03. The fourth-order valence-corrected chi connectivity index (χ4v) is 1.76. The van der Waals surface area contributed by atoms with Crippen LogP contribution in [0.15, 0.2) is 36.7 Å². The van der Waals surface area contributed by atoms with E-state index in [-0.39, 0.29) is 0 Å². The van der Waals surface area contributed by atoms with E-state index in [0.717, 1.165) is 16.6 Å². The Morgan fingerprint density at radius 2 is 2.00 bits per heavy atom. The van der Waals surface area contributed by atoms with Crippen LogP contribution in [0.5, 0.6) is 5.75 Å². The highest BCUT2D eigenvalue weighted by molar-refractivity contribution is 9.08. The Morgan fingerprint density at radius 1 is 1.25 bits per heavy atom. The highest BCUT2D eigenvalue weighted by atomic mass is 79.9. The van der Waals surface area contributed by atoms with E-state index in [1.807, 2.05) is 43.7 Å². The summed E-state index contributed by atoms with van der Waals surface area (Å²) in [4.78, 5) is 0. The minimum absolute atomic E-state index is 0.557. The van der Waals surface area contributed by atoms with E-state index in [1.54, 1.807) is 4.68 Å². The summed E-state index contributed by atoms with van der Waals surface area (Å²) in [6.07, 6.45) is 3.76. The molecule has 1 heterocycles. The van der Waals surface area contributed by atoms with Gasteiger partial charge in [-0.1, -0.05) is 28.1 Å². The number of aryl methyl sites for hydroxylation is 1. The second-order valence-electron chi connectivity index (χ2n) is 3.59. The molecule has 1 aromatic heterocycles. The maximum atomic E-state index is 5.64. The average molecular weight is 281 g/mol. The van der Waals surface area contributed by atoms with E-state index < -0.39 is 0 Å². The van der Waals surface area contributed by atoms with Gasteiger partial charge in [-0.05, 0) is 17.7 Å². The molecule has 0 aliphatic rings. The van der Waals surface area contributed by atoms with Crippen molar-refractivity contribution in [2.75, 3.05) is 0 Å². The normalized spacial score (nSPS) is 10.4. The maximum Gasteiger partial charge on any atom is 0.119 e. The van der Waals surface area contributed by atoms with Gasteiger partial charge in [-0.25, -0.2) is 0 Å². The lowest BCUT2D eigenvalue weighted by Gasteiger charge is -2.04. The maximum absolute atomic E-state index is 5.64. The molecule has 16 heavy (non-hydrogen) atoms. The second kappa shape index (κ2) is 5.16. The molecule has 3 nitrogen and oxygen atoms in total. The zero-order valence-corrected chi connectivity index (χ0v) is 10.6. The van der Waals surface area contributed by atoms with Crippen LogP contribution in [0.3, 0.4) is 0 Å². The molecular formula is C12H13BrN2O. The van der Waals surface area contributed by atoms with E-state index in [2.05, 4.69) is 21.0 Å². The van der Waals surface area contributed by atoms with Crippen molar-refractivity contribution in [3.05, 3.63) is 47.8 Å². The van der Waals surface area contributed by atoms with Gasteiger partial charge in [0.05, 0.1) is 6.20 Å². The van der Waals surface area contributed by atoms with Crippen molar-refractivity contribution in [2.45, 2.75) is 11.9 Å². The van der Waals surface area contributed by atoms with Crippen LogP contribution in [-0.2, 0) is 19.0 Å². The molecule has 0 bridgehead atoms. The summed E-state index contributed by atoms with van der Waals surface area (Å²) in [5.74, 6) is 0.883. The van der Waals surface area contributed by atoms with Crippen molar-refractivity contribution in [2.24, 2.45) is 7.05 Å². The zero-order valence-electron chi connectivity index (χ0n) is 9.06. The Hall–Kier alpha value is -1.29. The summed E-state index contributed by atoms with van der Waals surface area (Å²) in [6, 6.07) is 8.06. The smallest absolute Gasteiger partial charge is 0.119 e. The molecule has 0 aliphatic carbocycles. The number of hydrogen-bond donors (Lipinski definition) is 0. The number of ether oxygens (including phenoxy) is 1. The summed E-state index contributed by atoms with van der Waals surface area (Å²) in [5.41, 5.74) is 2.32. The summed E-state index contributed by atoms with van der Waals surface area (Å²) in [6.45, 7) is 0.557. The SMILES string of the molecule is Cn1cc(COc2ccc(CBr)cc2)cn1. The van der Waals surface area contributed by atoms with Crippen LogP contribution in [0.25, 0.3) is 0 Å². The summed E-state index contributed by atoms with van der Waals surface area (Å²) in [7, 11) is 1.90. The third kappa shape index (κ3) is 2.85. The molecule has 0 N–H and O–H groups in total. The first-order valence-corrected chi connectivity index (χ1v) is 6.15. The molecule has 0 amide bonds. The first kappa shape index (κ1) is 11.2. The van der Waals surface area contributed by atoms with Crippen molar-refractivity contribution in [3.8, 4) is 5.75 Å². The number of alkyl halides is 1. The van der Waals surface area contributed by atoms with Gasteiger partial charge in [0.1, 0.15) is 12.4 Å². The van der Waals surface area contributed by atoms with Crippen LogP contribution in [0.2, 0.25) is 0 Å². The average Bonchev–Trinajstić information content (AvgIpc) is 2.73. The lowest BCUT2D eigenvalue weighted by molar-refractivity contribution is 0.306. The van der Waals surface area contributed by atoms with Crippen molar-refractivity contribution < 1.29 is 4.74 Å². The topological polar surface area (TPSA) is 27.1 Å². The lowest BCUT2D eigenvalue weighted by Crippen LogP contribution is -1.94. The molecule has 0 radical (unpaired) electrons. The van der Waals surface area contributed by atoms with Crippen LogP contribution in [-0.4, -0.2) is 9.78 Å². The highest BCUT2D eigenvalue weighted by Crippen LogP contribution is 2.15. The van der Waals surface area contributed by atoms with Gasteiger partial charge in [0.25, 0.3) is 0 Å². The van der Waals surface area contributed by atoms with E-state index in [4.69, 9.17) is 4.74 Å². The second-order valence-corrected chi connectivity index (χ2v) is 4.15. The molecule has 0 aliphatic heterocycles. The number of halogens is 1. The van der Waals surface area contributed by atoms with Gasteiger partial charge in [0.2, 0.25) is 0 Å². The molecule has 0 spiro atoms. The standard InChI is InChI=1S/C12H13BrN2O/c1-15-8-11(7-14-15)9-16-12-4-2-10(6-13)3-5-12/h2-5,7-8H,6,9H2,1H3. The van der Waals surface area contributed by atoms with Gasteiger partial charge in [-0.15, -0.1) is 0 Å². The van der Waals surface area contributed by atoms with E-state index >= 15 is 0 Å². The Bertz CT molecular complexity index is 450. The van der Waals surface area contributed by atoms with E-state index in [0.29, 0.717) is 6.61 Å². The molecule has 0 saturated heterocycles. The zero-order chi connectivity index (χ0) is 11.4. The Kier molecular flexibility index (Phi) is 3.62. The van der Waals surface area contributed by atoms with Crippen LogP contribution in [0, 0.1) is 0 Å². The van der Waals surface area contributed by atoms with Gasteiger partial charge in [0, 0.05) is 24.1 Å². The van der Waals surface area contributed by atoms with E-state index in [1.165, 1.54) is 5.56 Å². The van der Waals surface area contributed by atoms with Gasteiger partial charge in [-0.2, -0.15) is 5.10 Å². The molecule has 2 rings (SSSR count). The predicted molar refractivity (Wildman–Crippen MR) is 66.6 cm³/mol. The number of benzene rings is 1. The molecule has 2 aromatic rings. The van der Waals surface area contributed by atoms with Gasteiger partial charge in [-0.3, -0.25) is 4.68 Å². The first-order chi connectivity index (χ1) is 7.78. The van der Waals surface area contributed by atoms with Gasteiger partial charge >= 0.3 is 0 Å². The van der Waals surface area contributed by atoms with Crippen molar-refractivity contribution in [1.82, 2.24) is 9.78 Å². The van der Waals surface area contributed by atoms with Gasteiger partial charge < -0.3 is 4.74 Å². The fraction of sp³-hybridized carbons (Fsp3) is 0.250. The third-order valence-corrected chi connectivity index (χ3v) is 2.89. The van der Waals surface area contributed by atoms with Crippen LogP contribution in [0.1, 0.15) is 11.1 Å². The van der Waals surface area contributed by atoms with E-state index in [9.17, 15) is 0 Å². The molecule has 84 valence electrons. The molecule has 0 atom stereocenters. The van der Waals surface area contributed by atoms with Crippen molar-refractivity contribution >= 4 is 15.9 Å². The number of rotatable bonds is 4. The minimum atomic E-state index is 0.557. The number of nitrogens with zero attached hydrogens (tertiary/aromatic N) is 2. The highest BCUT2D eigenvalue weighted by Gasteiger charge is 1.98. The van der Waals surface area contributed by atoms with Gasteiger partial charge in [0.15, 0.2) is 0 Å². The lowest BCUT2D eigenvalue weighted by atomic mass is 10.2. The molecule has 4 heteroatoms. The summed E-state index contributed by atoms with van der Waals surface area (Å²) >= 11 is 3.41. The Labute approximate surface area is 103 Å². The Balaban J connectivity index is 1.94. The molecular weight excluding hydrogens is 268 g/mol.